The SMILES string of the molecule is CC(Nc1cc2[nH]c(=O)oc2cc1N)c1ccc(Br)cc1. The molecule has 1 heterocycles. The fourth-order valence-electron chi connectivity index (χ4n) is 2.21. The highest BCUT2D eigenvalue weighted by atomic mass is 79.9. The third kappa shape index (κ3) is 2.80. The van der Waals surface area contributed by atoms with Gasteiger partial charge in [-0.15, -0.1) is 0 Å². The molecular formula is C15H14BrN3O2. The van der Waals surface area contributed by atoms with E-state index >= 15 is 0 Å². The Morgan fingerprint density at radius 2 is 2.00 bits per heavy atom. The van der Waals surface area contributed by atoms with Crippen LogP contribution >= 0.6 is 15.9 Å². The number of halogens is 1. The molecule has 0 saturated heterocycles. The van der Waals surface area contributed by atoms with Gasteiger partial charge >= 0.3 is 5.76 Å². The van der Waals surface area contributed by atoms with Crippen LogP contribution in [0.5, 0.6) is 0 Å². The molecule has 3 aromatic rings. The molecule has 0 aliphatic rings. The molecule has 6 heteroatoms. The topological polar surface area (TPSA) is 84.0 Å². The summed E-state index contributed by atoms with van der Waals surface area (Å²) in [4.78, 5) is 13.8. The number of fused-ring (bicyclic) bond motifs is 1. The normalized spacial score (nSPS) is 12.5. The fraction of sp³-hybridized carbons (Fsp3) is 0.133. The summed E-state index contributed by atoms with van der Waals surface area (Å²) < 4.78 is 6.02. The molecule has 1 unspecified atom stereocenters. The predicted octanol–water partition coefficient (Wildman–Crippen LogP) is 3.64. The average molecular weight is 348 g/mol. The van der Waals surface area contributed by atoms with Gasteiger partial charge in [0.25, 0.3) is 0 Å². The van der Waals surface area contributed by atoms with Gasteiger partial charge in [0.2, 0.25) is 0 Å². The van der Waals surface area contributed by atoms with Crippen molar-refractivity contribution in [3.8, 4) is 0 Å². The molecule has 5 nitrogen and oxygen atoms in total. The second-order valence-corrected chi connectivity index (χ2v) is 5.78. The van der Waals surface area contributed by atoms with E-state index in [1.54, 1.807) is 12.1 Å². The smallest absolute Gasteiger partial charge is 0.408 e. The molecule has 0 fully saturated rings. The number of oxazole rings is 1. The van der Waals surface area contributed by atoms with Crippen LogP contribution in [0.1, 0.15) is 18.5 Å². The number of nitrogen functional groups attached to an aromatic ring is 1. The number of aromatic amines is 1. The molecule has 0 aliphatic carbocycles. The molecule has 0 amide bonds. The summed E-state index contributed by atoms with van der Waals surface area (Å²) in [7, 11) is 0. The highest BCUT2D eigenvalue weighted by Gasteiger charge is 2.10. The van der Waals surface area contributed by atoms with E-state index in [0.29, 0.717) is 16.8 Å². The van der Waals surface area contributed by atoms with E-state index in [2.05, 4.69) is 26.2 Å². The van der Waals surface area contributed by atoms with Crippen LogP contribution in [0, 0.1) is 0 Å². The molecule has 1 aromatic heterocycles. The first-order valence-corrected chi connectivity index (χ1v) is 7.26. The highest BCUT2D eigenvalue weighted by Crippen LogP contribution is 2.28. The average Bonchev–Trinajstić information content (AvgIpc) is 2.79. The van der Waals surface area contributed by atoms with Gasteiger partial charge < -0.3 is 15.5 Å². The van der Waals surface area contributed by atoms with Gasteiger partial charge in [-0.1, -0.05) is 28.1 Å². The summed E-state index contributed by atoms with van der Waals surface area (Å²) in [5.74, 6) is -0.484. The van der Waals surface area contributed by atoms with Crippen LogP contribution in [-0.4, -0.2) is 4.98 Å². The molecule has 0 spiro atoms. The number of hydrogen-bond donors (Lipinski definition) is 3. The first-order valence-electron chi connectivity index (χ1n) is 6.47. The Morgan fingerprint density at radius 3 is 2.71 bits per heavy atom. The molecule has 2 aromatic carbocycles. The summed E-state index contributed by atoms with van der Waals surface area (Å²) >= 11 is 3.42. The predicted molar refractivity (Wildman–Crippen MR) is 87.4 cm³/mol. The standard InChI is InChI=1S/C15H14BrN3O2/c1-8(9-2-4-10(16)5-3-9)18-12-7-13-14(6-11(12)17)21-15(20)19-13/h2-8,18H,17H2,1H3,(H,19,20). The third-order valence-corrected chi connectivity index (χ3v) is 3.86. The minimum Gasteiger partial charge on any atom is -0.408 e. The van der Waals surface area contributed by atoms with E-state index < -0.39 is 5.76 Å². The molecule has 21 heavy (non-hydrogen) atoms. The minimum absolute atomic E-state index is 0.0801. The van der Waals surface area contributed by atoms with Crippen LogP contribution in [0.4, 0.5) is 11.4 Å². The lowest BCUT2D eigenvalue weighted by molar-refractivity contribution is 0.555. The number of benzene rings is 2. The Labute approximate surface area is 129 Å². The quantitative estimate of drug-likeness (QED) is 0.631. The number of hydrogen-bond acceptors (Lipinski definition) is 4. The number of H-pyrrole nitrogens is 1. The lowest BCUT2D eigenvalue weighted by atomic mass is 10.1. The van der Waals surface area contributed by atoms with E-state index in [1.807, 2.05) is 31.2 Å². The van der Waals surface area contributed by atoms with Gasteiger partial charge in [0, 0.05) is 16.6 Å². The van der Waals surface area contributed by atoms with Gasteiger partial charge in [0.05, 0.1) is 16.9 Å². The monoisotopic (exact) mass is 347 g/mol. The van der Waals surface area contributed by atoms with E-state index in [4.69, 9.17) is 10.2 Å². The molecule has 1 atom stereocenters. The summed E-state index contributed by atoms with van der Waals surface area (Å²) in [5, 5.41) is 3.34. The van der Waals surface area contributed by atoms with Crippen molar-refractivity contribution in [2.24, 2.45) is 0 Å². The molecule has 0 radical (unpaired) electrons. The number of anilines is 2. The summed E-state index contributed by atoms with van der Waals surface area (Å²) in [5.41, 5.74) is 9.52. The van der Waals surface area contributed by atoms with Crippen molar-refractivity contribution in [1.29, 1.82) is 0 Å². The summed E-state index contributed by atoms with van der Waals surface area (Å²) in [6.45, 7) is 2.05. The molecule has 0 bridgehead atoms. The Hall–Kier alpha value is -2.21. The van der Waals surface area contributed by atoms with E-state index in [0.717, 1.165) is 15.7 Å². The number of rotatable bonds is 3. The number of nitrogens with two attached hydrogens (primary N) is 1. The van der Waals surface area contributed by atoms with Gasteiger partial charge in [-0.25, -0.2) is 4.79 Å². The van der Waals surface area contributed by atoms with Crippen LogP contribution < -0.4 is 16.8 Å². The second-order valence-electron chi connectivity index (χ2n) is 4.87. The third-order valence-electron chi connectivity index (χ3n) is 3.33. The zero-order chi connectivity index (χ0) is 15.0. The fourth-order valence-corrected chi connectivity index (χ4v) is 2.47. The van der Waals surface area contributed by atoms with Crippen molar-refractivity contribution in [3.63, 3.8) is 0 Å². The Morgan fingerprint density at radius 1 is 1.29 bits per heavy atom. The maximum atomic E-state index is 11.2. The van der Waals surface area contributed by atoms with Crippen LogP contribution in [0.3, 0.4) is 0 Å². The van der Waals surface area contributed by atoms with E-state index in [9.17, 15) is 4.79 Å². The van der Waals surface area contributed by atoms with Crippen molar-refractivity contribution in [2.75, 3.05) is 11.1 Å². The maximum absolute atomic E-state index is 11.2. The van der Waals surface area contributed by atoms with Crippen LogP contribution in [0.25, 0.3) is 11.1 Å². The first kappa shape index (κ1) is 13.8. The van der Waals surface area contributed by atoms with Gasteiger partial charge in [0.15, 0.2) is 5.58 Å². The largest absolute Gasteiger partial charge is 0.417 e. The maximum Gasteiger partial charge on any atom is 0.417 e. The highest BCUT2D eigenvalue weighted by molar-refractivity contribution is 9.10. The lowest BCUT2D eigenvalue weighted by Crippen LogP contribution is -2.08. The molecule has 0 saturated carbocycles. The van der Waals surface area contributed by atoms with Crippen LogP contribution in [-0.2, 0) is 0 Å². The van der Waals surface area contributed by atoms with Gasteiger partial charge in [-0.05, 0) is 30.7 Å². The summed E-state index contributed by atoms with van der Waals surface area (Å²) in [6, 6.07) is 11.6. The zero-order valence-corrected chi connectivity index (χ0v) is 12.9. The Kier molecular flexibility index (Phi) is 3.47. The van der Waals surface area contributed by atoms with Gasteiger partial charge in [-0.2, -0.15) is 0 Å². The van der Waals surface area contributed by atoms with E-state index in [1.165, 1.54) is 0 Å². The summed E-state index contributed by atoms with van der Waals surface area (Å²) in [6.07, 6.45) is 0. The minimum atomic E-state index is -0.484. The van der Waals surface area contributed by atoms with Crippen molar-refractivity contribution < 1.29 is 4.42 Å². The molecule has 108 valence electrons. The van der Waals surface area contributed by atoms with Crippen LogP contribution in [0.2, 0.25) is 0 Å². The molecule has 0 aliphatic heterocycles. The van der Waals surface area contributed by atoms with Crippen molar-refractivity contribution in [2.45, 2.75) is 13.0 Å². The Bertz CT molecular complexity index is 836. The number of nitrogens with one attached hydrogen (secondary N) is 2. The van der Waals surface area contributed by atoms with Crippen molar-refractivity contribution in [3.05, 3.63) is 57.0 Å². The zero-order valence-electron chi connectivity index (χ0n) is 11.3. The molecule has 3 rings (SSSR count). The van der Waals surface area contributed by atoms with E-state index in [-0.39, 0.29) is 6.04 Å². The van der Waals surface area contributed by atoms with Crippen molar-refractivity contribution in [1.82, 2.24) is 4.98 Å². The Balaban J connectivity index is 1.91. The molecular weight excluding hydrogens is 334 g/mol. The van der Waals surface area contributed by atoms with Gasteiger partial charge in [0.1, 0.15) is 0 Å². The number of aromatic nitrogens is 1. The molecule has 4 N–H and O–H groups in total. The van der Waals surface area contributed by atoms with Crippen molar-refractivity contribution >= 4 is 38.4 Å². The lowest BCUT2D eigenvalue weighted by Gasteiger charge is -2.17. The van der Waals surface area contributed by atoms with Crippen LogP contribution in [0.15, 0.2) is 50.1 Å². The first-order chi connectivity index (χ1) is 10.0. The second kappa shape index (κ2) is 5.29. The van der Waals surface area contributed by atoms with Gasteiger partial charge in [-0.3, -0.25) is 4.98 Å².